The molecular weight excluding hydrogens is 366 g/mol. The van der Waals surface area contributed by atoms with Crippen molar-refractivity contribution >= 4 is 34.8 Å². The van der Waals surface area contributed by atoms with Gasteiger partial charge in [0.15, 0.2) is 0 Å². The molecule has 0 bridgehead atoms. The van der Waals surface area contributed by atoms with Gasteiger partial charge in [0.1, 0.15) is 10.7 Å². The molecule has 142 valence electrons. The monoisotopic (exact) mass is 387 g/mol. The van der Waals surface area contributed by atoms with Gasteiger partial charge in [-0.3, -0.25) is 9.59 Å². The second kappa shape index (κ2) is 8.30. The van der Waals surface area contributed by atoms with E-state index < -0.39 is 5.97 Å². The molecule has 1 aromatic carbocycles. The van der Waals surface area contributed by atoms with Crippen LogP contribution in [-0.4, -0.2) is 29.9 Å². The van der Waals surface area contributed by atoms with Crippen LogP contribution in [0.25, 0.3) is 0 Å². The van der Waals surface area contributed by atoms with Gasteiger partial charge in [-0.15, -0.1) is 11.3 Å². The van der Waals surface area contributed by atoms with Crippen LogP contribution in [0.15, 0.2) is 29.6 Å². The van der Waals surface area contributed by atoms with E-state index in [1.165, 1.54) is 18.4 Å². The third-order valence-electron chi connectivity index (χ3n) is 4.52. The Morgan fingerprint density at radius 1 is 1.22 bits per heavy atom. The van der Waals surface area contributed by atoms with E-state index in [1.807, 2.05) is 6.92 Å². The molecule has 1 aromatic heterocycles. The third kappa shape index (κ3) is 4.51. The van der Waals surface area contributed by atoms with Crippen molar-refractivity contribution in [2.75, 3.05) is 12.4 Å². The average molecular weight is 387 g/mol. The predicted octanol–water partition coefficient (Wildman–Crippen LogP) is 3.16. The number of nitrogens with zero attached hydrogens (tertiary/aromatic N) is 1. The minimum Gasteiger partial charge on any atom is -0.465 e. The quantitative estimate of drug-likeness (QED) is 0.742. The van der Waals surface area contributed by atoms with E-state index in [0.29, 0.717) is 16.3 Å². The van der Waals surface area contributed by atoms with E-state index in [4.69, 9.17) is 0 Å². The molecule has 0 saturated heterocycles. The first-order valence-electron chi connectivity index (χ1n) is 8.73. The lowest BCUT2D eigenvalue weighted by Gasteiger charge is -2.25. The molecule has 0 radical (unpaired) electrons. The maximum absolute atomic E-state index is 12.4. The summed E-state index contributed by atoms with van der Waals surface area (Å²) < 4.78 is 4.64. The number of rotatable bonds is 6. The zero-order valence-electron chi connectivity index (χ0n) is 15.2. The standard InChI is InChI=1S/C19H21N3O4S/c1-11(20-16(23)12-4-3-5-12)18-22-15(10-27-18)17(24)21-14-8-6-13(7-9-14)19(25)26-2/h6-12H,3-5H2,1-2H3,(H,20,23)(H,21,24)/t11-/m1/s1. The molecule has 1 aliphatic rings. The summed E-state index contributed by atoms with van der Waals surface area (Å²) in [4.78, 5) is 40.2. The van der Waals surface area contributed by atoms with Crippen molar-refractivity contribution in [1.29, 1.82) is 0 Å². The van der Waals surface area contributed by atoms with Gasteiger partial charge in [0.2, 0.25) is 5.91 Å². The van der Waals surface area contributed by atoms with Gasteiger partial charge in [-0.1, -0.05) is 6.42 Å². The fourth-order valence-electron chi connectivity index (χ4n) is 2.66. The number of nitrogens with one attached hydrogen (secondary N) is 2. The van der Waals surface area contributed by atoms with Crippen LogP contribution in [0.2, 0.25) is 0 Å². The SMILES string of the molecule is COC(=O)c1ccc(NC(=O)c2csc([C@@H](C)NC(=O)C3CCC3)n2)cc1. The Kier molecular flexibility index (Phi) is 5.85. The molecule has 1 saturated carbocycles. The Morgan fingerprint density at radius 2 is 1.93 bits per heavy atom. The molecule has 0 spiro atoms. The van der Waals surface area contributed by atoms with Gasteiger partial charge >= 0.3 is 5.97 Å². The van der Waals surface area contributed by atoms with Crippen LogP contribution in [-0.2, 0) is 9.53 Å². The number of amides is 2. The number of anilines is 1. The van der Waals surface area contributed by atoms with Crippen LogP contribution in [0, 0.1) is 5.92 Å². The number of hydrogen-bond donors (Lipinski definition) is 2. The van der Waals surface area contributed by atoms with Crippen molar-refractivity contribution < 1.29 is 19.1 Å². The average Bonchev–Trinajstić information content (AvgIpc) is 3.10. The first kappa shape index (κ1) is 19.0. The molecule has 27 heavy (non-hydrogen) atoms. The van der Waals surface area contributed by atoms with Crippen LogP contribution >= 0.6 is 11.3 Å². The van der Waals surface area contributed by atoms with Crippen molar-refractivity contribution in [2.45, 2.75) is 32.2 Å². The van der Waals surface area contributed by atoms with Crippen LogP contribution < -0.4 is 10.6 Å². The fourth-order valence-corrected chi connectivity index (χ4v) is 3.46. The molecule has 7 nitrogen and oxygen atoms in total. The van der Waals surface area contributed by atoms with E-state index in [2.05, 4.69) is 20.4 Å². The van der Waals surface area contributed by atoms with E-state index in [0.717, 1.165) is 19.3 Å². The van der Waals surface area contributed by atoms with E-state index >= 15 is 0 Å². The molecule has 0 aliphatic heterocycles. The molecular formula is C19H21N3O4S. The van der Waals surface area contributed by atoms with Gasteiger partial charge < -0.3 is 15.4 Å². The van der Waals surface area contributed by atoms with Crippen molar-refractivity contribution in [3.05, 3.63) is 45.9 Å². The number of carbonyl (C=O) groups excluding carboxylic acids is 3. The Morgan fingerprint density at radius 3 is 2.52 bits per heavy atom. The molecule has 2 amide bonds. The van der Waals surface area contributed by atoms with E-state index in [1.54, 1.807) is 29.6 Å². The largest absolute Gasteiger partial charge is 0.465 e. The molecule has 1 heterocycles. The van der Waals surface area contributed by atoms with Crippen LogP contribution in [0.4, 0.5) is 5.69 Å². The van der Waals surface area contributed by atoms with Gasteiger partial charge in [-0.25, -0.2) is 9.78 Å². The molecule has 2 aromatic rings. The second-order valence-electron chi connectivity index (χ2n) is 6.45. The highest BCUT2D eigenvalue weighted by atomic mass is 32.1. The van der Waals surface area contributed by atoms with Crippen molar-refractivity contribution in [3.63, 3.8) is 0 Å². The Bertz CT molecular complexity index is 843. The number of thiazole rings is 1. The van der Waals surface area contributed by atoms with Crippen LogP contribution in [0.5, 0.6) is 0 Å². The summed E-state index contributed by atoms with van der Waals surface area (Å²) in [6.45, 7) is 1.86. The number of benzene rings is 1. The summed E-state index contributed by atoms with van der Waals surface area (Å²) in [6.07, 6.45) is 2.99. The number of carbonyl (C=O) groups is 3. The summed E-state index contributed by atoms with van der Waals surface area (Å²) in [7, 11) is 1.31. The predicted molar refractivity (Wildman–Crippen MR) is 102 cm³/mol. The summed E-state index contributed by atoms with van der Waals surface area (Å²) in [5.41, 5.74) is 1.24. The fraction of sp³-hybridized carbons (Fsp3) is 0.368. The summed E-state index contributed by atoms with van der Waals surface area (Å²) >= 11 is 1.34. The Balaban J connectivity index is 1.59. The van der Waals surface area contributed by atoms with Crippen LogP contribution in [0.1, 0.15) is 58.1 Å². The minimum atomic E-state index is -0.435. The van der Waals surface area contributed by atoms with Gasteiger partial charge in [0, 0.05) is 17.0 Å². The van der Waals surface area contributed by atoms with Gasteiger partial charge in [-0.05, 0) is 44.0 Å². The highest BCUT2D eigenvalue weighted by Crippen LogP contribution is 2.27. The smallest absolute Gasteiger partial charge is 0.337 e. The maximum atomic E-state index is 12.4. The Labute approximate surface area is 161 Å². The first-order valence-corrected chi connectivity index (χ1v) is 9.61. The van der Waals surface area contributed by atoms with Crippen LogP contribution in [0.3, 0.4) is 0 Å². The van der Waals surface area contributed by atoms with Crippen molar-refractivity contribution in [2.24, 2.45) is 5.92 Å². The number of aromatic nitrogens is 1. The van der Waals surface area contributed by atoms with Gasteiger partial charge in [0.05, 0.1) is 18.7 Å². The normalized spacial score (nSPS) is 14.7. The van der Waals surface area contributed by atoms with Crippen molar-refractivity contribution in [1.82, 2.24) is 10.3 Å². The number of methoxy groups -OCH3 is 1. The topological polar surface area (TPSA) is 97.4 Å². The molecule has 1 fully saturated rings. The molecule has 8 heteroatoms. The third-order valence-corrected chi connectivity index (χ3v) is 5.55. The Hall–Kier alpha value is -2.74. The lowest BCUT2D eigenvalue weighted by Crippen LogP contribution is -2.36. The maximum Gasteiger partial charge on any atom is 0.337 e. The van der Waals surface area contributed by atoms with E-state index in [9.17, 15) is 14.4 Å². The second-order valence-corrected chi connectivity index (χ2v) is 7.34. The molecule has 3 rings (SSSR count). The molecule has 0 unspecified atom stereocenters. The highest BCUT2D eigenvalue weighted by Gasteiger charge is 2.27. The summed E-state index contributed by atoms with van der Waals surface area (Å²) in [5.74, 6) is -0.611. The molecule has 1 aliphatic carbocycles. The first-order chi connectivity index (χ1) is 13.0. The number of hydrogen-bond acceptors (Lipinski definition) is 6. The van der Waals surface area contributed by atoms with Gasteiger partial charge in [0.25, 0.3) is 5.91 Å². The van der Waals surface area contributed by atoms with Crippen molar-refractivity contribution in [3.8, 4) is 0 Å². The number of ether oxygens (including phenoxy) is 1. The highest BCUT2D eigenvalue weighted by molar-refractivity contribution is 7.09. The zero-order chi connectivity index (χ0) is 19.4. The zero-order valence-corrected chi connectivity index (χ0v) is 16.0. The van der Waals surface area contributed by atoms with Gasteiger partial charge in [-0.2, -0.15) is 0 Å². The minimum absolute atomic E-state index is 0.0562. The number of esters is 1. The lowest BCUT2D eigenvalue weighted by molar-refractivity contribution is -0.128. The van der Waals surface area contributed by atoms with E-state index in [-0.39, 0.29) is 29.5 Å². The summed E-state index contributed by atoms with van der Waals surface area (Å²) in [6, 6.07) is 6.17. The molecule has 1 atom stereocenters. The molecule has 2 N–H and O–H groups in total. The lowest BCUT2D eigenvalue weighted by atomic mass is 9.84. The summed E-state index contributed by atoms with van der Waals surface area (Å²) in [5, 5.41) is 8.05.